The summed E-state index contributed by atoms with van der Waals surface area (Å²) >= 11 is 1.47. The first-order valence-corrected chi connectivity index (χ1v) is 11.4. The Morgan fingerprint density at radius 2 is 1.90 bits per heavy atom. The van der Waals surface area contributed by atoms with Gasteiger partial charge in [-0.25, -0.2) is 13.9 Å². The summed E-state index contributed by atoms with van der Waals surface area (Å²) in [5, 5.41) is 9.09. The quantitative estimate of drug-likeness (QED) is 0.282. The Morgan fingerprint density at radius 1 is 1.27 bits per heavy atom. The highest BCUT2D eigenvalue weighted by atomic mass is 32.2. The van der Waals surface area contributed by atoms with Gasteiger partial charge in [-0.1, -0.05) is 11.8 Å². The number of ether oxygens (including phenoxy) is 2. The number of carbonyl (C=O) groups is 2. The number of thioether (sulfide) groups is 1. The summed E-state index contributed by atoms with van der Waals surface area (Å²) in [6.45, 7) is 4.98. The Morgan fingerprint density at radius 3 is 2.50 bits per heavy atom. The van der Waals surface area contributed by atoms with Crippen molar-refractivity contribution in [2.24, 2.45) is 0 Å². The highest BCUT2D eigenvalue weighted by molar-refractivity contribution is 8.00. The Balaban J connectivity index is 2.12. The fraction of sp³-hybridized carbons (Fsp3) is 0.474. The fourth-order valence-electron chi connectivity index (χ4n) is 2.92. The number of sulfonamides is 1. The largest absolute Gasteiger partial charge is 0.481 e. The molecule has 0 saturated carbocycles. The van der Waals surface area contributed by atoms with Crippen molar-refractivity contribution in [3.63, 3.8) is 0 Å². The predicted octanol–water partition coefficient (Wildman–Crippen LogP) is 1.02. The number of hydroxylamine groups is 1. The van der Waals surface area contributed by atoms with Crippen molar-refractivity contribution >= 4 is 33.7 Å². The molecular weight excluding hydrogens is 432 g/mol. The van der Waals surface area contributed by atoms with E-state index < -0.39 is 32.7 Å². The van der Waals surface area contributed by atoms with Crippen LogP contribution in [0.5, 0.6) is 5.75 Å². The minimum atomic E-state index is -3.98. The van der Waals surface area contributed by atoms with Crippen molar-refractivity contribution in [2.75, 3.05) is 25.5 Å². The average molecular weight is 457 g/mol. The van der Waals surface area contributed by atoms with Crippen LogP contribution >= 0.6 is 11.8 Å². The fourth-order valence-corrected chi connectivity index (χ4v) is 6.03. The first-order chi connectivity index (χ1) is 14.1. The summed E-state index contributed by atoms with van der Waals surface area (Å²) in [5.41, 5.74) is 1.58. The molecule has 0 aromatic heterocycles. The Kier molecular flexibility index (Phi) is 8.14. The lowest BCUT2D eigenvalue weighted by atomic mass is 10.0. The van der Waals surface area contributed by atoms with E-state index in [1.165, 1.54) is 43.0 Å². The smallest absolute Gasteiger partial charge is 0.303 e. The maximum Gasteiger partial charge on any atom is 0.303 e. The molecule has 9 nitrogen and oxygen atoms in total. The number of amides is 1. The summed E-state index contributed by atoms with van der Waals surface area (Å²) in [6.07, 6.45) is 0. The number of esters is 1. The van der Waals surface area contributed by atoms with E-state index in [9.17, 15) is 18.0 Å². The molecule has 30 heavy (non-hydrogen) atoms. The SMILES string of the molecule is CC(=O)OCC#CCOc1ccc(S(=O)(=O)N2CCSC(C)(C)[C@@H]2C(=O)NO)cc1. The van der Waals surface area contributed by atoms with Gasteiger partial charge in [0.05, 0.1) is 4.90 Å². The van der Waals surface area contributed by atoms with Crippen LogP contribution in [0.25, 0.3) is 0 Å². The second-order valence-corrected chi connectivity index (χ2v) is 10.5. The molecule has 0 unspecified atom stereocenters. The van der Waals surface area contributed by atoms with E-state index in [0.717, 1.165) is 4.31 Å². The highest BCUT2D eigenvalue weighted by Gasteiger charge is 2.48. The third-order valence-corrected chi connectivity index (χ3v) is 7.54. The number of nitrogens with one attached hydrogen (secondary N) is 1. The van der Waals surface area contributed by atoms with E-state index in [0.29, 0.717) is 11.5 Å². The summed E-state index contributed by atoms with van der Waals surface area (Å²) in [4.78, 5) is 22.8. The van der Waals surface area contributed by atoms with Gasteiger partial charge in [-0.15, -0.1) is 0 Å². The van der Waals surface area contributed by atoms with Gasteiger partial charge < -0.3 is 9.47 Å². The topological polar surface area (TPSA) is 122 Å². The lowest BCUT2D eigenvalue weighted by molar-refractivity contribution is -0.139. The number of carbonyl (C=O) groups excluding carboxylic acids is 2. The lowest BCUT2D eigenvalue weighted by Gasteiger charge is -2.43. The van der Waals surface area contributed by atoms with Crippen LogP contribution in [0.1, 0.15) is 20.8 Å². The first-order valence-electron chi connectivity index (χ1n) is 9.01. The Hall–Kier alpha value is -2.26. The zero-order chi connectivity index (χ0) is 22.4. The van der Waals surface area contributed by atoms with Crippen molar-refractivity contribution in [2.45, 2.75) is 36.5 Å². The molecule has 1 heterocycles. The minimum Gasteiger partial charge on any atom is -0.481 e. The molecule has 1 fully saturated rings. The van der Waals surface area contributed by atoms with Crippen LogP contribution < -0.4 is 10.2 Å². The van der Waals surface area contributed by atoms with Crippen LogP contribution in [0.15, 0.2) is 29.2 Å². The van der Waals surface area contributed by atoms with E-state index in [-0.39, 0.29) is 24.7 Å². The molecule has 0 radical (unpaired) electrons. The highest BCUT2D eigenvalue weighted by Crippen LogP contribution is 2.38. The number of hydrogen-bond acceptors (Lipinski definition) is 8. The van der Waals surface area contributed by atoms with E-state index in [2.05, 4.69) is 16.6 Å². The molecule has 164 valence electrons. The van der Waals surface area contributed by atoms with E-state index >= 15 is 0 Å². The van der Waals surface area contributed by atoms with Crippen LogP contribution in [0, 0.1) is 11.8 Å². The van der Waals surface area contributed by atoms with Gasteiger partial charge >= 0.3 is 5.97 Å². The van der Waals surface area contributed by atoms with Gasteiger partial charge in [-0.2, -0.15) is 16.1 Å². The van der Waals surface area contributed by atoms with Crippen LogP contribution in [0.3, 0.4) is 0 Å². The van der Waals surface area contributed by atoms with Gasteiger partial charge in [0.15, 0.2) is 6.61 Å². The molecular formula is C19H24N2O7S2. The van der Waals surface area contributed by atoms with Gasteiger partial charge in [0.2, 0.25) is 10.0 Å². The van der Waals surface area contributed by atoms with Gasteiger partial charge in [-0.05, 0) is 38.1 Å². The van der Waals surface area contributed by atoms with Gasteiger partial charge in [0.1, 0.15) is 18.4 Å². The van der Waals surface area contributed by atoms with Gasteiger partial charge in [0, 0.05) is 24.0 Å². The maximum atomic E-state index is 13.2. The molecule has 1 amide bonds. The van der Waals surface area contributed by atoms with Crippen LogP contribution in [0.2, 0.25) is 0 Å². The van der Waals surface area contributed by atoms with Crippen molar-refractivity contribution in [3.05, 3.63) is 24.3 Å². The van der Waals surface area contributed by atoms with Crippen molar-refractivity contribution in [1.29, 1.82) is 0 Å². The summed E-state index contributed by atoms with van der Waals surface area (Å²) in [5.74, 6) is 5.03. The Labute approximate surface area is 180 Å². The average Bonchev–Trinajstić information content (AvgIpc) is 2.69. The third kappa shape index (κ3) is 5.89. The molecule has 2 rings (SSSR count). The minimum absolute atomic E-state index is 0.00855. The van der Waals surface area contributed by atoms with Crippen molar-refractivity contribution < 1.29 is 32.7 Å². The molecule has 11 heteroatoms. The number of benzene rings is 1. The molecule has 1 aliphatic heterocycles. The Bertz CT molecular complexity index is 934. The second-order valence-electron chi connectivity index (χ2n) is 6.84. The summed E-state index contributed by atoms with van der Waals surface area (Å²) < 4.78 is 36.8. The van der Waals surface area contributed by atoms with Crippen LogP contribution in [0.4, 0.5) is 0 Å². The first kappa shape index (κ1) is 24.0. The van der Waals surface area contributed by atoms with E-state index in [4.69, 9.17) is 9.94 Å². The molecule has 1 aromatic carbocycles. The molecule has 2 N–H and O–H groups in total. The van der Waals surface area contributed by atoms with Crippen LogP contribution in [-0.2, 0) is 24.3 Å². The van der Waals surface area contributed by atoms with Gasteiger partial charge in [-0.3, -0.25) is 14.8 Å². The van der Waals surface area contributed by atoms with E-state index in [1.54, 1.807) is 19.3 Å². The molecule has 0 bridgehead atoms. The number of hydrogen-bond donors (Lipinski definition) is 2. The normalized spacial score (nSPS) is 18.6. The molecule has 1 saturated heterocycles. The zero-order valence-corrected chi connectivity index (χ0v) is 18.5. The molecule has 1 aliphatic rings. The van der Waals surface area contributed by atoms with Crippen molar-refractivity contribution in [1.82, 2.24) is 9.79 Å². The van der Waals surface area contributed by atoms with Crippen molar-refractivity contribution in [3.8, 4) is 17.6 Å². The lowest BCUT2D eigenvalue weighted by Crippen LogP contribution is -2.61. The maximum absolute atomic E-state index is 13.2. The van der Waals surface area contributed by atoms with Crippen LogP contribution in [-0.4, -0.2) is 66.1 Å². The van der Waals surface area contributed by atoms with E-state index in [1.807, 2.05) is 0 Å². The summed E-state index contributed by atoms with van der Waals surface area (Å²) in [6, 6.07) is 4.70. The number of rotatable bonds is 6. The monoisotopic (exact) mass is 456 g/mol. The zero-order valence-electron chi connectivity index (χ0n) is 16.9. The molecule has 0 spiro atoms. The third-order valence-electron chi connectivity index (χ3n) is 4.30. The summed E-state index contributed by atoms with van der Waals surface area (Å²) in [7, 11) is -3.98. The van der Waals surface area contributed by atoms with Gasteiger partial charge in [0.25, 0.3) is 5.91 Å². The molecule has 0 aliphatic carbocycles. The second kappa shape index (κ2) is 10.2. The molecule has 1 atom stereocenters. The number of nitrogens with zero attached hydrogens (tertiary/aromatic N) is 1. The molecule has 1 aromatic rings. The standard InChI is InChI=1S/C19H24N2O7S2/c1-14(22)27-11-4-5-12-28-15-6-8-16(9-7-15)30(25,26)21-10-13-29-19(2,3)17(21)18(23)20-24/h6-9,17,24H,10-13H2,1-3H3,(H,20,23)/t17-/m0/s1. The predicted molar refractivity (Wildman–Crippen MR) is 110 cm³/mol.